The van der Waals surface area contributed by atoms with E-state index in [0.29, 0.717) is 17.9 Å². The minimum atomic E-state index is -1.20. The molecule has 0 unspecified atom stereocenters. The molecule has 9 nitrogen and oxygen atoms in total. The Labute approximate surface area is 200 Å². The summed E-state index contributed by atoms with van der Waals surface area (Å²) >= 11 is 5.91. The Kier molecular flexibility index (Phi) is 6.47. The Bertz CT molecular complexity index is 1140. The molecule has 176 valence electrons. The number of hydrogen-bond donors (Lipinski definition) is 0. The molecule has 1 saturated carbocycles. The molecule has 1 saturated heterocycles. The van der Waals surface area contributed by atoms with E-state index in [2.05, 4.69) is 0 Å². The smallest absolute Gasteiger partial charge is 0.273 e. The highest BCUT2D eigenvalue weighted by Gasteiger charge is 2.53. The number of benzene rings is 2. The van der Waals surface area contributed by atoms with Crippen molar-refractivity contribution >= 4 is 40.8 Å². The number of Topliss-reactive ketones (excluding diaryl/α,β-unsaturated/α-hetero) is 1. The second-order valence-electron chi connectivity index (χ2n) is 8.49. The molecule has 3 atom stereocenters. The highest BCUT2D eigenvalue weighted by Crippen LogP contribution is 2.39. The van der Waals surface area contributed by atoms with Gasteiger partial charge in [0.2, 0.25) is 0 Å². The van der Waals surface area contributed by atoms with Crippen LogP contribution in [0.3, 0.4) is 0 Å². The van der Waals surface area contributed by atoms with Crippen LogP contribution in [-0.4, -0.2) is 44.5 Å². The average molecular weight is 484 g/mol. The topological polar surface area (TPSA) is 118 Å². The van der Waals surface area contributed by atoms with Crippen molar-refractivity contribution in [1.29, 1.82) is 0 Å². The van der Waals surface area contributed by atoms with Crippen molar-refractivity contribution < 1.29 is 24.1 Å². The van der Waals surface area contributed by atoms with Gasteiger partial charge < -0.3 is 0 Å². The lowest BCUT2D eigenvalue weighted by Crippen LogP contribution is -2.56. The molecular formula is C24H22ClN3O6. The number of amides is 3. The lowest BCUT2D eigenvalue weighted by Gasteiger charge is -2.34. The highest BCUT2D eigenvalue weighted by molar-refractivity contribution is 6.30. The standard InChI is InChI=1S/C24H22ClN3O6/c1-14(21(29)15-6-10-17(25)11-7-15)26(22(30)16-8-12-18(13-9-16)28(33)34)27-23(31)19-4-2-3-5-20(19)24(27)32/h6-14,19-20H,2-5H2,1H3/t14-,19-,20+/m1/s1. The molecule has 2 aromatic rings. The number of nitro benzene ring substituents is 1. The third-order valence-electron chi connectivity index (χ3n) is 6.44. The summed E-state index contributed by atoms with van der Waals surface area (Å²) in [6.07, 6.45) is 2.71. The van der Waals surface area contributed by atoms with Gasteiger partial charge in [0.05, 0.1) is 16.8 Å². The van der Waals surface area contributed by atoms with Gasteiger partial charge in [0.25, 0.3) is 23.4 Å². The number of non-ortho nitro benzene ring substituents is 1. The predicted molar refractivity (Wildman–Crippen MR) is 122 cm³/mol. The van der Waals surface area contributed by atoms with Crippen molar-refractivity contribution in [3.8, 4) is 0 Å². The summed E-state index contributed by atoms with van der Waals surface area (Å²) in [5, 5.41) is 13.1. The Morgan fingerprint density at radius 1 is 0.971 bits per heavy atom. The quantitative estimate of drug-likeness (QED) is 0.265. The number of hydrazine groups is 1. The Balaban J connectivity index is 1.74. The number of rotatable bonds is 6. The van der Waals surface area contributed by atoms with Crippen LogP contribution in [0.2, 0.25) is 5.02 Å². The van der Waals surface area contributed by atoms with E-state index < -0.39 is 46.3 Å². The minimum Gasteiger partial charge on any atom is -0.292 e. The van der Waals surface area contributed by atoms with E-state index >= 15 is 0 Å². The zero-order valence-electron chi connectivity index (χ0n) is 18.3. The van der Waals surface area contributed by atoms with Gasteiger partial charge in [-0.2, -0.15) is 5.01 Å². The number of carbonyl (C=O) groups excluding carboxylic acids is 4. The van der Waals surface area contributed by atoms with Crippen LogP contribution in [0.1, 0.15) is 53.3 Å². The number of nitrogens with zero attached hydrogens (tertiary/aromatic N) is 3. The van der Waals surface area contributed by atoms with E-state index in [-0.39, 0.29) is 16.8 Å². The van der Waals surface area contributed by atoms with Crippen LogP contribution >= 0.6 is 11.6 Å². The van der Waals surface area contributed by atoms with Gasteiger partial charge in [-0.3, -0.25) is 29.3 Å². The van der Waals surface area contributed by atoms with Crippen LogP contribution < -0.4 is 0 Å². The zero-order chi connectivity index (χ0) is 24.6. The molecule has 0 radical (unpaired) electrons. The van der Waals surface area contributed by atoms with Crippen LogP contribution in [0, 0.1) is 22.0 Å². The lowest BCUT2D eigenvalue weighted by atomic mass is 9.81. The number of nitro groups is 1. The molecule has 1 heterocycles. The van der Waals surface area contributed by atoms with Crippen molar-refractivity contribution in [1.82, 2.24) is 10.0 Å². The molecule has 0 spiro atoms. The monoisotopic (exact) mass is 483 g/mol. The summed E-state index contributed by atoms with van der Waals surface area (Å²) < 4.78 is 0. The summed E-state index contributed by atoms with van der Waals surface area (Å²) in [6, 6.07) is 9.67. The molecule has 1 aliphatic carbocycles. The first-order valence-electron chi connectivity index (χ1n) is 11.0. The number of fused-ring (bicyclic) bond motifs is 1. The van der Waals surface area contributed by atoms with E-state index in [1.54, 1.807) is 0 Å². The first-order valence-corrected chi connectivity index (χ1v) is 11.3. The van der Waals surface area contributed by atoms with Gasteiger partial charge in [-0.05, 0) is 56.2 Å². The summed E-state index contributed by atoms with van der Waals surface area (Å²) in [4.78, 5) is 63.8. The van der Waals surface area contributed by atoms with E-state index in [9.17, 15) is 29.3 Å². The van der Waals surface area contributed by atoms with Crippen molar-refractivity contribution in [3.05, 3.63) is 74.8 Å². The molecule has 4 rings (SSSR count). The average Bonchev–Trinajstić information content (AvgIpc) is 3.09. The lowest BCUT2D eigenvalue weighted by molar-refractivity contribution is -0.384. The largest absolute Gasteiger partial charge is 0.292 e. The normalized spacial score (nSPS) is 20.6. The maximum atomic E-state index is 13.6. The maximum absolute atomic E-state index is 13.6. The first kappa shape index (κ1) is 23.6. The number of halogens is 1. The van der Waals surface area contributed by atoms with Crippen LogP contribution in [0.15, 0.2) is 48.5 Å². The third kappa shape index (κ3) is 4.19. The summed E-state index contributed by atoms with van der Waals surface area (Å²) in [5.74, 6) is -3.30. The molecule has 2 aromatic carbocycles. The Morgan fingerprint density at radius 2 is 1.47 bits per heavy atom. The number of imide groups is 1. The fourth-order valence-electron chi connectivity index (χ4n) is 4.62. The van der Waals surface area contributed by atoms with E-state index in [0.717, 1.165) is 35.0 Å². The van der Waals surface area contributed by atoms with Gasteiger partial charge >= 0.3 is 0 Å². The van der Waals surface area contributed by atoms with Crippen LogP contribution in [0.5, 0.6) is 0 Å². The van der Waals surface area contributed by atoms with Gasteiger partial charge in [0.15, 0.2) is 5.78 Å². The molecule has 10 heteroatoms. The van der Waals surface area contributed by atoms with Gasteiger partial charge in [-0.25, -0.2) is 5.01 Å². The summed E-state index contributed by atoms with van der Waals surface area (Å²) in [6.45, 7) is 1.45. The molecule has 0 aromatic heterocycles. The van der Waals surface area contributed by atoms with Crippen molar-refractivity contribution in [2.45, 2.75) is 38.6 Å². The fraction of sp³-hybridized carbons (Fsp3) is 0.333. The first-order chi connectivity index (χ1) is 16.2. The van der Waals surface area contributed by atoms with Gasteiger partial charge in [0.1, 0.15) is 6.04 Å². The Morgan fingerprint density at radius 3 is 1.97 bits per heavy atom. The SMILES string of the molecule is C[C@H](C(=O)c1ccc(Cl)cc1)N(C(=O)c1ccc([N+](=O)[O-])cc1)N1C(=O)[C@H]2CCCC[C@H]2C1=O. The third-order valence-corrected chi connectivity index (χ3v) is 6.69. The van der Waals surface area contributed by atoms with E-state index in [1.807, 2.05) is 0 Å². The minimum absolute atomic E-state index is 0.0110. The van der Waals surface area contributed by atoms with Crippen LogP contribution in [0.4, 0.5) is 5.69 Å². The molecule has 0 N–H and O–H groups in total. The molecule has 34 heavy (non-hydrogen) atoms. The Hall–Kier alpha value is -3.59. The molecule has 0 bridgehead atoms. The molecular weight excluding hydrogens is 462 g/mol. The van der Waals surface area contributed by atoms with Crippen molar-refractivity contribution in [3.63, 3.8) is 0 Å². The molecule has 2 aliphatic rings. The van der Waals surface area contributed by atoms with Crippen LogP contribution in [-0.2, 0) is 9.59 Å². The van der Waals surface area contributed by atoms with E-state index in [4.69, 9.17) is 11.6 Å². The second kappa shape index (κ2) is 9.34. The second-order valence-corrected chi connectivity index (χ2v) is 8.92. The van der Waals surface area contributed by atoms with Crippen molar-refractivity contribution in [2.75, 3.05) is 0 Å². The number of ketones is 1. The fourth-order valence-corrected chi connectivity index (χ4v) is 4.75. The van der Waals surface area contributed by atoms with Gasteiger partial charge in [-0.15, -0.1) is 0 Å². The maximum Gasteiger partial charge on any atom is 0.273 e. The number of carbonyl (C=O) groups is 4. The predicted octanol–water partition coefficient (Wildman–Crippen LogP) is 4.05. The molecule has 3 amide bonds. The van der Waals surface area contributed by atoms with Crippen molar-refractivity contribution in [2.24, 2.45) is 11.8 Å². The summed E-state index contributed by atoms with van der Waals surface area (Å²) in [7, 11) is 0. The number of hydrogen-bond acceptors (Lipinski definition) is 6. The van der Waals surface area contributed by atoms with Gasteiger partial charge in [0, 0.05) is 28.3 Å². The van der Waals surface area contributed by atoms with Gasteiger partial charge in [-0.1, -0.05) is 24.4 Å². The zero-order valence-corrected chi connectivity index (χ0v) is 19.1. The molecule has 2 fully saturated rings. The summed E-state index contributed by atoms with van der Waals surface area (Å²) in [5.41, 5.74) is 0.0551. The van der Waals surface area contributed by atoms with E-state index in [1.165, 1.54) is 43.3 Å². The highest BCUT2D eigenvalue weighted by atomic mass is 35.5. The van der Waals surface area contributed by atoms with Crippen LogP contribution in [0.25, 0.3) is 0 Å². The molecule has 1 aliphatic heterocycles.